The van der Waals surface area contributed by atoms with E-state index in [1.54, 1.807) is 0 Å². The number of fused-ring (bicyclic) bond motifs is 2. The van der Waals surface area contributed by atoms with Crippen LogP contribution in [0.15, 0.2) is 18.5 Å². The molecule has 152 valence electrons. The second-order valence-corrected chi connectivity index (χ2v) is 9.44. The molecule has 0 aromatic carbocycles. The molecule has 1 amide bonds. The van der Waals surface area contributed by atoms with Crippen molar-refractivity contribution in [2.75, 3.05) is 5.32 Å². The largest absolute Gasteiger partial charge is 0.344 e. The van der Waals surface area contributed by atoms with E-state index in [9.17, 15) is 4.79 Å². The number of carbonyl (C=O) groups excluding carboxylic acids is 1. The van der Waals surface area contributed by atoms with Crippen molar-refractivity contribution in [2.45, 2.75) is 78.3 Å². The van der Waals surface area contributed by atoms with E-state index in [-0.39, 0.29) is 24.0 Å². The van der Waals surface area contributed by atoms with Gasteiger partial charge in [-0.05, 0) is 38.3 Å². The van der Waals surface area contributed by atoms with Gasteiger partial charge in [-0.25, -0.2) is 9.50 Å². The van der Waals surface area contributed by atoms with Crippen molar-refractivity contribution >= 4 is 17.2 Å². The number of ether oxygens (including phenoxy) is 2. The Hall–Kier alpha value is -1.99. The van der Waals surface area contributed by atoms with Gasteiger partial charge in [0.1, 0.15) is 11.8 Å². The van der Waals surface area contributed by atoms with Crippen molar-refractivity contribution in [2.24, 2.45) is 11.3 Å². The Morgan fingerprint density at radius 1 is 1.29 bits per heavy atom. The van der Waals surface area contributed by atoms with Crippen LogP contribution in [0.4, 0.5) is 5.82 Å². The summed E-state index contributed by atoms with van der Waals surface area (Å²) in [6, 6.07) is 4.05. The molecule has 28 heavy (non-hydrogen) atoms. The molecule has 1 saturated carbocycles. The minimum atomic E-state index is -0.560. The monoisotopic (exact) mass is 386 g/mol. The number of anilines is 1. The third kappa shape index (κ3) is 3.20. The first-order valence-electron chi connectivity index (χ1n) is 10.1. The van der Waals surface area contributed by atoms with E-state index in [2.05, 4.69) is 28.4 Å². The molecule has 7 heteroatoms. The molecule has 2 aromatic rings. The van der Waals surface area contributed by atoms with Crippen LogP contribution < -0.4 is 5.32 Å². The van der Waals surface area contributed by atoms with Crippen molar-refractivity contribution in [3.63, 3.8) is 0 Å². The summed E-state index contributed by atoms with van der Waals surface area (Å²) in [7, 11) is 0. The van der Waals surface area contributed by atoms with Crippen molar-refractivity contribution in [1.82, 2.24) is 14.6 Å². The van der Waals surface area contributed by atoms with E-state index in [1.807, 2.05) is 45.2 Å². The lowest BCUT2D eigenvalue weighted by Gasteiger charge is -2.23. The van der Waals surface area contributed by atoms with Crippen molar-refractivity contribution < 1.29 is 14.3 Å². The summed E-state index contributed by atoms with van der Waals surface area (Å²) in [6.45, 7) is 11.8. The third-order valence-electron chi connectivity index (χ3n) is 5.88. The van der Waals surface area contributed by atoms with Gasteiger partial charge in [0.15, 0.2) is 11.6 Å². The molecule has 3 heterocycles. The van der Waals surface area contributed by atoms with Crippen LogP contribution in [0.5, 0.6) is 0 Å². The number of aromatic nitrogens is 3. The fraction of sp³-hybridized carbons (Fsp3) is 0.667. The Morgan fingerprint density at radius 3 is 2.68 bits per heavy atom. The first-order chi connectivity index (χ1) is 13.1. The molecular weight excluding hydrogens is 356 g/mol. The van der Waals surface area contributed by atoms with Crippen molar-refractivity contribution in [3.05, 3.63) is 24.2 Å². The fourth-order valence-corrected chi connectivity index (χ4v) is 4.40. The summed E-state index contributed by atoms with van der Waals surface area (Å²) >= 11 is 0. The highest BCUT2D eigenvalue weighted by molar-refractivity contribution is 5.96. The lowest BCUT2D eigenvalue weighted by Crippen LogP contribution is -2.28. The summed E-state index contributed by atoms with van der Waals surface area (Å²) in [6.07, 6.45) is 3.68. The second-order valence-electron chi connectivity index (χ2n) is 9.44. The molecular formula is C21H30N4O3. The van der Waals surface area contributed by atoms with E-state index < -0.39 is 11.2 Å². The van der Waals surface area contributed by atoms with E-state index in [4.69, 9.17) is 9.47 Å². The topological polar surface area (TPSA) is 77.8 Å². The summed E-state index contributed by atoms with van der Waals surface area (Å²) in [5.41, 5.74) is 1.38. The molecule has 1 N–H and O–H groups in total. The predicted molar refractivity (Wildman–Crippen MR) is 106 cm³/mol. The molecule has 1 aliphatic carbocycles. The minimum Gasteiger partial charge on any atom is -0.344 e. The van der Waals surface area contributed by atoms with Gasteiger partial charge in [-0.3, -0.25) is 4.79 Å². The zero-order chi connectivity index (χ0) is 20.3. The highest BCUT2D eigenvalue weighted by Gasteiger charge is 2.54. The quantitative estimate of drug-likeness (QED) is 0.869. The zero-order valence-electron chi connectivity index (χ0n) is 17.5. The maximum Gasteiger partial charge on any atom is 0.230 e. The lowest BCUT2D eigenvalue weighted by atomic mass is 9.96. The summed E-state index contributed by atoms with van der Waals surface area (Å²) in [5, 5.41) is 7.42. The number of rotatable bonds is 3. The Kier molecular flexibility index (Phi) is 4.50. The maximum atomic E-state index is 12.4. The molecule has 0 bridgehead atoms. The van der Waals surface area contributed by atoms with Gasteiger partial charge in [-0.2, -0.15) is 5.10 Å². The van der Waals surface area contributed by atoms with Crippen LogP contribution in [-0.4, -0.2) is 38.5 Å². The van der Waals surface area contributed by atoms with Crippen LogP contribution in [0.2, 0.25) is 0 Å². The summed E-state index contributed by atoms with van der Waals surface area (Å²) in [4.78, 5) is 16.7. The van der Waals surface area contributed by atoms with Crippen LogP contribution in [-0.2, 0) is 14.3 Å². The molecule has 0 unspecified atom stereocenters. The van der Waals surface area contributed by atoms with Crippen LogP contribution >= 0.6 is 0 Å². The Balaban J connectivity index is 1.69. The molecule has 4 rings (SSSR count). The summed E-state index contributed by atoms with van der Waals surface area (Å²) in [5.74, 6) is 0.559. The molecule has 1 saturated heterocycles. The first-order valence-corrected chi connectivity index (χ1v) is 10.1. The second kappa shape index (κ2) is 6.52. The molecule has 4 atom stereocenters. The summed E-state index contributed by atoms with van der Waals surface area (Å²) < 4.78 is 14.4. The average Bonchev–Trinajstić information content (AvgIpc) is 3.25. The molecule has 7 nitrogen and oxygen atoms in total. The van der Waals surface area contributed by atoms with Gasteiger partial charge in [0.05, 0.1) is 12.2 Å². The molecule has 0 spiro atoms. The van der Waals surface area contributed by atoms with Crippen LogP contribution in [0.3, 0.4) is 0 Å². The normalized spacial score (nSPS) is 29.2. The lowest BCUT2D eigenvalue weighted by molar-refractivity contribution is -0.158. The number of hydrogen-bond acceptors (Lipinski definition) is 5. The zero-order valence-corrected chi connectivity index (χ0v) is 17.5. The number of amides is 1. The number of nitrogens with zero attached hydrogens (tertiary/aromatic N) is 3. The van der Waals surface area contributed by atoms with Gasteiger partial charge in [0, 0.05) is 17.0 Å². The highest BCUT2D eigenvalue weighted by atomic mass is 16.8. The van der Waals surface area contributed by atoms with Gasteiger partial charge in [-0.15, -0.1) is 0 Å². The van der Waals surface area contributed by atoms with Crippen molar-refractivity contribution in [1.29, 1.82) is 0 Å². The number of nitrogens with one attached hydrogen (secondary N) is 1. The van der Waals surface area contributed by atoms with Gasteiger partial charge in [-0.1, -0.05) is 34.1 Å². The van der Waals surface area contributed by atoms with Crippen molar-refractivity contribution in [3.8, 4) is 0 Å². The Bertz CT molecular complexity index is 899. The molecule has 2 fully saturated rings. The van der Waals surface area contributed by atoms with E-state index in [1.165, 1.54) is 6.33 Å². The average molecular weight is 386 g/mol. The van der Waals surface area contributed by atoms with Gasteiger partial charge in [0.25, 0.3) is 0 Å². The Morgan fingerprint density at radius 2 is 2.00 bits per heavy atom. The highest BCUT2D eigenvalue weighted by Crippen LogP contribution is 2.50. The van der Waals surface area contributed by atoms with Gasteiger partial charge >= 0.3 is 0 Å². The predicted octanol–water partition coefficient (Wildman–Crippen LogP) is 3.75. The van der Waals surface area contributed by atoms with E-state index >= 15 is 0 Å². The number of hydrogen-bond donors (Lipinski definition) is 1. The molecule has 2 aliphatic rings. The first kappa shape index (κ1) is 19.3. The minimum absolute atomic E-state index is 0.0145. The molecule has 0 radical (unpaired) electrons. The van der Waals surface area contributed by atoms with E-state index in [0.29, 0.717) is 11.7 Å². The standard InChI is InChI=1S/C21H30N4O3/c1-7-12-10-13(17-16(12)27-21(5,6)28-17)14-8-9-15-18(22-11-23-25(14)15)24-19(26)20(2,3)4/h8-9,11-13,16-17H,7,10H2,1-6H3,(H,22,23,24,26)/t12-,13-,16+,17-/m0/s1. The van der Waals surface area contributed by atoms with Crippen LogP contribution in [0.25, 0.3) is 5.52 Å². The number of carbonyl (C=O) groups is 1. The van der Waals surface area contributed by atoms with Gasteiger partial charge in [0.2, 0.25) is 5.91 Å². The third-order valence-corrected chi connectivity index (χ3v) is 5.88. The maximum absolute atomic E-state index is 12.4. The van der Waals surface area contributed by atoms with Crippen LogP contribution in [0, 0.1) is 11.3 Å². The van der Waals surface area contributed by atoms with Gasteiger partial charge < -0.3 is 14.8 Å². The Labute approximate surface area is 165 Å². The SMILES string of the molecule is CC[C@H]1C[C@@H](c2ccc3c(NC(=O)C(C)(C)C)ncnn23)[C@@H]2OC(C)(C)O[C@H]12. The smallest absolute Gasteiger partial charge is 0.230 e. The van der Waals surface area contributed by atoms with Crippen LogP contribution in [0.1, 0.15) is 66.0 Å². The van der Waals surface area contributed by atoms with E-state index in [0.717, 1.165) is 24.1 Å². The molecule has 2 aromatic heterocycles. The fourth-order valence-electron chi connectivity index (χ4n) is 4.40. The molecule has 1 aliphatic heterocycles.